The van der Waals surface area contributed by atoms with Gasteiger partial charge in [-0.05, 0) is 12.1 Å². The van der Waals surface area contributed by atoms with Gasteiger partial charge in [-0.25, -0.2) is 0 Å². The SMILES string of the molecule is O=c1[nH]cccc2ccnc1-2. The van der Waals surface area contributed by atoms with Crippen LogP contribution in [0.4, 0.5) is 0 Å². The lowest BCUT2D eigenvalue weighted by atomic mass is 10.2. The third kappa shape index (κ3) is 0.902. The Morgan fingerprint density at radius 2 is 2.27 bits per heavy atom. The molecule has 0 aliphatic carbocycles. The van der Waals surface area contributed by atoms with Gasteiger partial charge in [-0.3, -0.25) is 9.78 Å². The quantitative estimate of drug-likeness (QED) is 0.599. The van der Waals surface area contributed by atoms with Crippen LogP contribution in [0.25, 0.3) is 11.3 Å². The molecule has 0 aromatic carbocycles. The van der Waals surface area contributed by atoms with E-state index in [2.05, 4.69) is 9.97 Å². The van der Waals surface area contributed by atoms with Crippen LogP contribution in [0.15, 0.2) is 35.4 Å². The van der Waals surface area contributed by atoms with Crippen LogP contribution < -0.4 is 5.56 Å². The Morgan fingerprint density at radius 1 is 1.36 bits per heavy atom. The lowest BCUT2D eigenvalue weighted by molar-refractivity contribution is 1.23. The summed E-state index contributed by atoms with van der Waals surface area (Å²) in [5.41, 5.74) is 1.22. The molecule has 0 aromatic rings. The van der Waals surface area contributed by atoms with Crippen molar-refractivity contribution in [3.63, 3.8) is 0 Å². The van der Waals surface area contributed by atoms with Gasteiger partial charge in [0.05, 0.1) is 0 Å². The molecule has 0 fully saturated rings. The largest absolute Gasteiger partial charge is 0.327 e. The highest BCUT2D eigenvalue weighted by Gasteiger charge is 2.03. The Morgan fingerprint density at radius 3 is 3.18 bits per heavy atom. The second kappa shape index (κ2) is 2.20. The van der Waals surface area contributed by atoms with E-state index in [4.69, 9.17) is 0 Å². The van der Waals surface area contributed by atoms with Gasteiger partial charge in [-0.1, -0.05) is 6.07 Å². The highest BCUT2D eigenvalue weighted by molar-refractivity contribution is 5.58. The zero-order chi connectivity index (χ0) is 7.68. The number of nitrogens with zero attached hydrogens (tertiary/aromatic N) is 1. The molecule has 3 heteroatoms. The van der Waals surface area contributed by atoms with E-state index in [1.54, 1.807) is 18.5 Å². The molecular formula is C8H6N2O. The minimum absolute atomic E-state index is 0.144. The van der Waals surface area contributed by atoms with Gasteiger partial charge in [0.2, 0.25) is 0 Å². The van der Waals surface area contributed by atoms with E-state index in [0.717, 1.165) is 5.56 Å². The second-order valence-electron chi connectivity index (χ2n) is 2.25. The number of aromatic amines is 1. The van der Waals surface area contributed by atoms with Gasteiger partial charge in [0.25, 0.3) is 5.56 Å². The van der Waals surface area contributed by atoms with Crippen LogP contribution in [0.1, 0.15) is 0 Å². The maximum absolute atomic E-state index is 11.1. The van der Waals surface area contributed by atoms with Crippen molar-refractivity contribution in [2.75, 3.05) is 0 Å². The van der Waals surface area contributed by atoms with E-state index in [1.807, 2.05) is 12.1 Å². The summed E-state index contributed by atoms with van der Waals surface area (Å²) in [6.07, 6.45) is 3.23. The first kappa shape index (κ1) is 6.09. The van der Waals surface area contributed by atoms with E-state index in [9.17, 15) is 4.79 Å². The molecule has 0 saturated carbocycles. The number of nitrogens with one attached hydrogen (secondary N) is 1. The molecule has 0 bridgehead atoms. The van der Waals surface area contributed by atoms with Crippen molar-refractivity contribution < 1.29 is 0 Å². The fraction of sp³-hybridized carbons (Fsp3) is 0. The fourth-order valence-corrected chi connectivity index (χ4v) is 1.01. The minimum Gasteiger partial charge on any atom is -0.327 e. The predicted octanol–water partition coefficient (Wildman–Crippen LogP) is 0.875. The molecular weight excluding hydrogens is 140 g/mol. The summed E-state index contributed by atoms with van der Waals surface area (Å²) in [4.78, 5) is 17.6. The Hall–Kier alpha value is -1.64. The fourth-order valence-electron chi connectivity index (χ4n) is 1.01. The van der Waals surface area contributed by atoms with Crippen LogP contribution in [0.3, 0.4) is 0 Å². The first-order chi connectivity index (χ1) is 5.38. The Balaban J connectivity index is 2.89. The van der Waals surface area contributed by atoms with Crippen molar-refractivity contribution in [3.8, 4) is 11.3 Å². The average Bonchev–Trinajstić information content (AvgIpc) is 2.40. The van der Waals surface area contributed by atoms with Gasteiger partial charge >= 0.3 is 0 Å². The second-order valence-corrected chi connectivity index (χ2v) is 2.25. The van der Waals surface area contributed by atoms with E-state index < -0.39 is 0 Å². The molecule has 0 amide bonds. The van der Waals surface area contributed by atoms with Crippen LogP contribution in [0.2, 0.25) is 0 Å². The zero-order valence-electron chi connectivity index (χ0n) is 5.74. The van der Waals surface area contributed by atoms with Crippen molar-refractivity contribution in [3.05, 3.63) is 40.9 Å². The number of hydrogen-bond acceptors (Lipinski definition) is 2. The number of H-pyrrole nitrogens is 1. The lowest BCUT2D eigenvalue weighted by Gasteiger charge is -1.82. The van der Waals surface area contributed by atoms with Crippen molar-refractivity contribution >= 4 is 0 Å². The average molecular weight is 146 g/mol. The van der Waals surface area contributed by atoms with Gasteiger partial charge in [0.15, 0.2) is 0 Å². The molecule has 3 nitrogen and oxygen atoms in total. The monoisotopic (exact) mass is 146 g/mol. The molecule has 2 rings (SSSR count). The molecule has 2 aliphatic heterocycles. The van der Waals surface area contributed by atoms with Gasteiger partial charge in [-0.2, -0.15) is 0 Å². The zero-order valence-corrected chi connectivity index (χ0v) is 5.74. The molecule has 11 heavy (non-hydrogen) atoms. The third-order valence-corrected chi connectivity index (χ3v) is 1.53. The summed E-state index contributed by atoms with van der Waals surface area (Å²) in [5, 5.41) is 0. The van der Waals surface area contributed by atoms with Crippen molar-refractivity contribution in [2.24, 2.45) is 0 Å². The molecule has 0 radical (unpaired) electrons. The van der Waals surface area contributed by atoms with E-state index >= 15 is 0 Å². The molecule has 54 valence electrons. The lowest BCUT2D eigenvalue weighted by Crippen LogP contribution is -2.03. The summed E-state index contributed by atoms with van der Waals surface area (Å²) < 4.78 is 0. The first-order valence-electron chi connectivity index (χ1n) is 3.30. The van der Waals surface area contributed by atoms with Crippen molar-refractivity contribution in [2.45, 2.75) is 0 Å². The number of fused-ring (bicyclic) bond motifs is 1. The molecule has 2 heterocycles. The van der Waals surface area contributed by atoms with E-state index in [1.165, 1.54) is 0 Å². The standard InChI is InChI=1S/C8H6N2O/c11-8-7-6(3-5-9-7)2-1-4-10-8/h1-5H,(H,10,11). The van der Waals surface area contributed by atoms with Crippen LogP contribution in [0.5, 0.6) is 0 Å². The van der Waals surface area contributed by atoms with Gasteiger partial charge < -0.3 is 4.98 Å². The summed E-state index contributed by atoms with van der Waals surface area (Å²) in [7, 11) is 0. The summed E-state index contributed by atoms with van der Waals surface area (Å²) in [5.74, 6) is 0. The van der Waals surface area contributed by atoms with E-state index in [0.29, 0.717) is 5.69 Å². The minimum atomic E-state index is -0.144. The summed E-state index contributed by atoms with van der Waals surface area (Å²) >= 11 is 0. The molecule has 2 aliphatic rings. The molecule has 0 aromatic heterocycles. The molecule has 0 saturated heterocycles. The topological polar surface area (TPSA) is 45.8 Å². The highest BCUT2D eigenvalue weighted by atomic mass is 16.1. The number of rotatable bonds is 0. The van der Waals surface area contributed by atoms with Crippen LogP contribution in [-0.4, -0.2) is 9.97 Å². The normalized spacial score (nSPS) is 10.2. The van der Waals surface area contributed by atoms with Gasteiger partial charge in [0.1, 0.15) is 5.69 Å². The van der Waals surface area contributed by atoms with Gasteiger partial charge in [-0.15, -0.1) is 0 Å². The Bertz CT molecular complexity index is 394. The summed E-state index contributed by atoms with van der Waals surface area (Å²) in [6, 6.07) is 5.44. The number of hydrogen-bond donors (Lipinski definition) is 1. The van der Waals surface area contributed by atoms with E-state index in [-0.39, 0.29) is 5.56 Å². The molecule has 0 spiro atoms. The summed E-state index contributed by atoms with van der Waals surface area (Å²) in [6.45, 7) is 0. The Kier molecular flexibility index (Phi) is 1.22. The van der Waals surface area contributed by atoms with Crippen molar-refractivity contribution in [1.82, 2.24) is 9.97 Å². The maximum Gasteiger partial charge on any atom is 0.274 e. The molecule has 0 unspecified atom stereocenters. The van der Waals surface area contributed by atoms with Crippen molar-refractivity contribution in [1.29, 1.82) is 0 Å². The molecule has 0 atom stereocenters. The Labute approximate surface area is 63.1 Å². The third-order valence-electron chi connectivity index (χ3n) is 1.53. The van der Waals surface area contributed by atoms with Crippen LogP contribution in [0, 0.1) is 0 Å². The highest BCUT2D eigenvalue weighted by Crippen LogP contribution is 2.11. The first-order valence-corrected chi connectivity index (χ1v) is 3.30. The van der Waals surface area contributed by atoms with Crippen LogP contribution in [-0.2, 0) is 0 Å². The molecule has 1 N–H and O–H groups in total. The number of aromatic nitrogens is 2. The van der Waals surface area contributed by atoms with Crippen LogP contribution >= 0.6 is 0 Å². The predicted molar refractivity (Wildman–Crippen MR) is 41.5 cm³/mol. The van der Waals surface area contributed by atoms with Gasteiger partial charge in [0, 0.05) is 18.0 Å². The smallest absolute Gasteiger partial charge is 0.274 e. The maximum atomic E-state index is 11.1.